The zero-order chi connectivity index (χ0) is 13.8. The normalized spacial score (nSPS) is 12.1. The molecule has 2 aromatic rings. The molecule has 0 saturated carbocycles. The molecule has 2 rings (SSSR count). The van der Waals surface area contributed by atoms with E-state index in [1.807, 2.05) is 26.4 Å². The Balaban J connectivity index is 1.94. The van der Waals surface area contributed by atoms with Gasteiger partial charge in [0.05, 0.1) is 18.6 Å². The fourth-order valence-electron chi connectivity index (χ4n) is 1.75. The topological polar surface area (TPSA) is 92.9 Å². The Morgan fingerprint density at radius 3 is 2.74 bits per heavy atom. The van der Waals surface area contributed by atoms with Crippen LogP contribution in [0.2, 0.25) is 0 Å². The lowest BCUT2D eigenvalue weighted by molar-refractivity contribution is 0.0690. The second-order valence-corrected chi connectivity index (χ2v) is 4.36. The van der Waals surface area contributed by atoms with Gasteiger partial charge in [-0.25, -0.2) is 14.8 Å². The summed E-state index contributed by atoms with van der Waals surface area (Å²) >= 11 is 0. The first-order chi connectivity index (χ1) is 9.04. The molecule has 2 aromatic heterocycles. The van der Waals surface area contributed by atoms with Crippen LogP contribution in [-0.4, -0.2) is 36.9 Å². The van der Waals surface area contributed by atoms with Crippen LogP contribution in [0.15, 0.2) is 24.8 Å². The molecule has 1 unspecified atom stereocenters. The van der Waals surface area contributed by atoms with Gasteiger partial charge in [-0.1, -0.05) is 0 Å². The highest BCUT2D eigenvalue weighted by Crippen LogP contribution is 2.07. The molecule has 2 N–H and O–H groups in total. The molecule has 0 aromatic carbocycles. The van der Waals surface area contributed by atoms with Crippen LogP contribution in [0.25, 0.3) is 0 Å². The summed E-state index contributed by atoms with van der Waals surface area (Å²) in [6, 6.07) is 0.147. The van der Waals surface area contributed by atoms with Gasteiger partial charge >= 0.3 is 5.97 Å². The number of anilines is 1. The van der Waals surface area contributed by atoms with Gasteiger partial charge < -0.3 is 10.4 Å². The number of aromatic nitrogens is 4. The van der Waals surface area contributed by atoms with E-state index in [0.717, 1.165) is 12.0 Å². The molecule has 1 atom stereocenters. The Morgan fingerprint density at radius 2 is 2.21 bits per heavy atom. The zero-order valence-electron chi connectivity index (χ0n) is 10.7. The molecular weight excluding hydrogens is 246 g/mol. The lowest BCUT2D eigenvalue weighted by Gasteiger charge is -2.13. The van der Waals surface area contributed by atoms with E-state index in [9.17, 15) is 4.79 Å². The lowest BCUT2D eigenvalue weighted by atomic mass is 10.1. The maximum Gasteiger partial charge on any atom is 0.356 e. The minimum Gasteiger partial charge on any atom is -0.476 e. The molecule has 0 radical (unpaired) electrons. The lowest BCUT2D eigenvalue weighted by Crippen LogP contribution is -2.19. The van der Waals surface area contributed by atoms with E-state index in [1.165, 1.54) is 12.4 Å². The van der Waals surface area contributed by atoms with Gasteiger partial charge in [0, 0.05) is 19.3 Å². The molecule has 7 nitrogen and oxygen atoms in total. The number of nitrogens with one attached hydrogen (secondary N) is 1. The van der Waals surface area contributed by atoms with Crippen LogP contribution >= 0.6 is 0 Å². The van der Waals surface area contributed by atoms with Gasteiger partial charge in [0.2, 0.25) is 0 Å². The van der Waals surface area contributed by atoms with Crippen LogP contribution in [0.3, 0.4) is 0 Å². The number of carboxylic acid groups (broad SMARTS) is 1. The number of rotatable bonds is 5. The molecule has 0 fully saturated rings. The minimum absolute atomic E-state index is 0.0644. The third-order valence-corrected chi connectivity index (χ3v) is 2.57. The minimum atomic E-state index is -1.08. The Morgan fingerprint density at radius 1 is 1.42 bits per heavy atom. The highest BCUT2D eigenvalue weighted by atomic mass is 16.4. The molecular formula is C12H15N5O2. The molecule has 0 aliphatic heterocycles. The predicted molar refractivity (Wildman–Crippen MR) is 69.0 cm³/mol. The second-order valence-electron chi connectivity index (χ2n) is 4.36. The van der Waals surface area contributed by atoms with E-state index in [0.29, 0.717) is 5.82 Å². The standard InChI is InChI=1S/C12H15N5O2/c1-8(3-9-4-15-17(2)7-9)16-11-6-13-10(5-14-11)12(18)19/h4-8H,3H2,1-2H3,(H,14,16)(H,18,19). The average molecular weight is 261 g/mol. The van der Waals surface area contributed by atoms with Crippen molar-refractivity contribution in [2.75, 3.05) is 5.32 Å². The fraction of sp³-hybridized carbons (Fsp3) is 0.333. The van der Waals surface area contributed by atoms with Crippen molar-refractivity contribution in [1.82, 2.24) is 19.7 Å². The highest BCUT2D eigenvalue weighted by molar-refractivity contribution is 5.84. The fourth-order valence-corrected chi connectivity index (χ4v) is 1.75. The summed E-state index contributed by atoms with van der Waals surface area (Å²) in [6.07, 6.45) is 7.23. The van der Waals surface area contributed by atoms with Crippen LogP contribution < -0.4 is 5.32 Å². The molecule has 100 valence electrons. The van der Waals surface area contributed by atoms with E-state index in [-0.39, 0.29) is 11.7 Å². The van der Waals surface area contributed by atoms with Crippen LogP contribution in [0.1, 0.15) is 23.0 Å². The number of aryl methyl sites for hydroxylation is 1. The third-order valence-electron chi connectivity index (χ3n) is 2.57. The molecule has 0 amide bonds. The van der Waals surface area contributed by atoms with Crippen molar-refractivity contribution in [3.63, 3.8) is 0 Å². The monoisotopic (exact) mass is 261 g/mol. The summed E-state index contributed by atoms with van der Waals surface area (Å²) in [5.74, 6) is -0.524. The van der Waals surface area contributed by atoms with Gasteiger partial charge in [0.15, 0.2) is 5.69 Å². The van der Waals surface area contributed by atoms with Gasteiger partial charge in [-0.05, 0) is 18.9 Å². The predicted octanol–water partition coefficient (Wildman–Crippen LogP) is 0.951. The first kappa shape index (κ1) is 13.0. The zero-order valence-corrected chi connectivity index (χ0v) is 10.7. The Bertz CT molecular complexity index is 564. The summed E-state index contributed by atoms with van der Waals surface area (Å²) < 4.78 is 1.75. The van der Waals surface area contributed by atoms with Crippen molar-refractivity contribution in [3.05, 3.63) is 36.0 Å². The average Bonchev–Trinajstić information content (AvgIpc) is 2.75. The first-order valence-electron chi connectivity index (χ1n) is 5.84. The summed E-state index contributed by atoms with van der Waals surface area (Å²) in [5.41, 5.74) is 1.06. The van der Waals surface area contributed by atoms with Crippen molar-refractivity contribution >= 4 is 11.8 Å². The van der Waals surface area contributed by atoms with Gasteiger partial charge in [-0.2, -0.15) is 5.10 Å². The van der Waals surface area contributed by atoms with Crippen LogP contribution in [0.4, 0.5) is 5.82 Å². The van der Waals surface area contributed by atoms with Crippen LogP contribution in [0, 0.1) is 0 Å². The first-order valence-corrected chi connectivity index (χ1v) is 5.84. The van der Waals surface area contributed by atoms with Crippen molar-refractivity contribution in [2.24, 2.45) is 7.05 Å². The van der Waals surface area contributed by atoms with Crippen molar-refractivity contribution in [1.29, 1.82) is 0 Å². The van der Waals surface area contributed by atoms with E-state index < -0.39 is 5.97 Å². The SMILES string of the molecule is CC(Cc1cnn(C)c1)Nc1cnc(C(=O)O)cn1. The molecule has 0 aliphatic rings. The van der Waals surface area contributed by atoms with Gasteiger partial charge in [0.25, 0.3) is 0 Å². The summed E-state index contributed by atoms with van der Waals surface area (Å²) in [6.45, 7) is 2.01. The molecule has 7 heteroatoms. The molecule has 0 saturated heterocycles. The quantitative estimate of drug-likeness (QED) is 0.832. The third kappa shape index (κ3) is 3.51. The molecule has 0 aliphatic carbocycles. The highest BCUT2D eigenvalue weighted by Gasteiger charge is 2.08. The van der Waals surface area contributed by atoms with E-state index in [1.54, 1.807) is 4.68 Å². The second kappa shape index (κ2) is 5.47. The van der Waals surface area contributed by atoms with Gasteiger partial charge in [-0.3, -0.25) is 4.68 Å². The summed E-state index contributed by atoms with van der Waals surface area (Å²) in [4.78, 5) is 18.5. The van der Waals surface area contributed by atoms with Crippen molar-refractivity contribution in [2.45, 2.75) is 19.4 Å². The largest absolute Gasteiger partial charge is 0.476 e. The van der Waals surface area contributed by atoms with Gasteiger partial charge in [0.1, 0.15) is 5.82 Å². The Labute approximate surface area is 110 Å². The van der Waals surface area contributed by atoms with Crippen molar-refractivity contribution < 1.29 is 9.90 Å². The Kier molecular flexibility index (Phi) is 3.74. The number of aromatic carboxylic acids is 1. The molecule has 19 heavy (non-hydrogen) atoms. The van der Waals surface area contributed by atoms with E-state index in [4.69, 9.17) is 5.11 Å². The number of carbonyl (C=O) groups is 1. The Hall–Kier alpha value is -2.44. The number of carboxylic acids is 1. The molecule has 0 bridgehead atoms. The van der Waals surface area contributed by atoms with Crippen LogP contribution in [0.5, 0.6) is 0 Å². The van der Waals surface area contributed by atoms with Crippen molar-refractivity contribution in [3.8, 4) is 0 Å². The smallest absolute Gasteiger partial charge is 0.356 e. The van der Waals surface area contributed by atoms with Gasteiger partial charge in [-0.15, -0.1) is 0 Å². The molecule has 0 spiro atoms. The molecule has 2 heterocycles. The summed E-state index contributed by atoms with van der Waals surface area (Å²) in [7, 11) is 1.87. The maximum atomic E-state index is 10.6. The van der Waals surface area contributed by atoms with E-state index >= 15 is 0 Å². The summed E-state index contributed by atoms with van der Waals surface area (Å²) in [5, 5.41) is 16.0. The van der Waals surface area contributed by atoms with Crippen LogP contribution in [-0.2, 0) is 13.5 Å². The number of hydrogen-bond acceptors (Lipinski definition) is 5. The number of hydrogen-bond donors (Lipinski definition) is 2. The van der Waals surface area contributed by atoms with E-state index in [2.05, 4.69) is 20.4 Å². The maximum absolute atomic E-state index is 10.6. The number of nitrogens with zero attached hydrogens (tertiary/aromatic N) is 4.